The molecule has 1 aromatic carbocycles. The number of rotatable bonds is 2. The van der Waals surface area contributed by atoms with Crippen LogP contribution in [0.2, 0.25) is 0 Å². The first-order valence-corrected chi connectivity index (χ1v) is 6.36. The zero-order chi connectivity index (χ0) is 15.8. The first-order valence-electron chi connectivity index (χ1n) is 6.36. The van der Waals surface area contributed by atoms with Gasteiger partial charge in [0, 0.05) is 11.8 Å². The summed E-state index contributed by atoms with van der Waals surface area (Å²) in [4.78, 5) is 11.1. The Balaban J connectivity index is 2.47. The maximum atomic E-state index is 12.6. The van der Waals surface area contributed by atoms with Crippen molar-refractivity contribution in [2.75, 3.05) is 0 Å². The van der Waals surface area contributed by atoms with Gasteiger partial charge in [-0.05, 0) is 32.9 Å². The lowest BCUT2D eigenvalue weighted by molar-refractivity contribution is -0.137. The minimum Gasteiger partial charge on any atom is -0.298 e. The van der Waals surface area contributed by atoms with E-state index in [0.717, 1.165) is 12.1 Å². The van der Waals surface area contributed by atoms with Gasteiger partial charge >= 0.3 is 6.18 Å². The van der Waals surface area contributed by atoms with Gasteiger partial charge in [0.15, 0.2) is 6.29 Å². The van der Waals surface area contributed by atoms with E-state index in [1.807, 2.05) is 20.8 Å². The number of hydrogen-bond acceptors (Lipinski definition) is 2. The highest BCUT2D eigenvalue weighted by atomic mass is 19.4. The lowest BCUT2D eigenvalue weighted by Crippen LogP contribution is -2.22. The van der Waals surface area contributed by atoms with Crippen LogP contribution in [0.15, 0.2) is 30.5 Å². The van der Waals surface area contributed by atoms with Crippen LogP contribution in [0.4, 0.5) is 13.2 Å². The minimum absolute atomic E-state index is 0.318. The molecular formula is C15H15F3N2O. The van der Waals surface area contributed by atoms with E-state index < -0.39 is 11.7 Å². The number of aromatic nitrogens is 2. The Kier molecular flexibility index (Phi) is 3.65. The summed E-state index contributed by atoms with van der Waals surface area (Å²) < 4.78 is 39.3. The Labute approximate surface area is 120 Å². The molecule has 1 heterocycles. The molecule has 21 heavy (non-hydrogen) atoms. The maximum absolute atomic E-state index is 12.6. The fourth-order valence-corrected chi connectivity index (χ4v) is 1.86. The average molecular weight is 296 g/mol. The molecule has 112 valence electrons. The van der Waals surface area contributed by atoms with Crippen LogP contribution >= 0.6 is 0 Å². The van der Waals surface area contributed by atoms with Gasteiger partial charge < -0.3 is 0 Å². The molecule has 0 atom stereocenters. The highest BCUT2D eigenvalue weighted by Gasteiger charge is 2.30. The normalized spacial score (nSPS) is 12.5. The highest BCUT2D eigenvalue weighted by molar-refractivity contribution is 5.85. The number of nitrogens with zero attached hydrogens (tertiary/aromatic N) is 2. The van der Waals surface area contributed by atoms with E-state index >= 15 is 0 Å². The number of hydrogen-bond donors (Lipinski definition) is 0. The number of benzene rings is 1. The molecule has 0 aliphatic carbocycles. The molecule has 0 saturated heterocycles. The summed E-state index contributed by atoms with van der Waals surface area (Å²) in [7, 11) is 0. The van der Waals surface area contributed by atoms with Crippen molar-refractivity contribution in [1.29, 1.82) is 0 Å². The molecule has 2 rings (SSSR count). The molecule has 0 radical (unpaired) electrons. The van der Waals surface area contributed by atoms with Crippen molar-refractivity contribution in [2.24, 2.45) is 0 Å². The molecule has 6 heteroatoms. The lowest BCUT2D eigenvalue weighted by Gasteiger charge is -2.18. The smallest absolute Gasteiger partial charge is 0.298 e. The Morgan fingerprint density at radius 3 is 2.10 bits per heavy atom. The number of carbonyl (C=O) groups is 1. The van der Waals surface area contributed by atoms with Crippen molar-refractivity contribution in [2.45, 2.75) is 32.5 Å². The van der Waals surface area contributed by atoms with Crippen molar-refractivity contribution in [3.8, 4) is 11.3 Å². The van der Waals surface area contributed by atoms with E-state index in [4.69, 9.17) is 0 Å². The van der Waals surface area contributed by atoms with E-state index in [9.17, 15) is 18.0 Å². The zero-order valence-electron chi connectivity index (χ0n) is 11.9. The summed E-state index contributed by atoms with van der Waals surface area (Å²) >= 11 is 0. The summed E-state index contributed by atoms with van der Waals surface area (Å²) in [6, 6.07) is 4.62. The second-order valence-electron chi connectivity index (χ2n) is 5.74. The molecule has 0 fully saturated rings. The molecule has 2 aromatic rings. The fourth-order valence-electron chi connectivity index (χ4n) is 1.86. The summed E-state index contributed by atoms with van der Waals surface area (Å²) in [5.41, 5.74) is 0.169. The van der Waals surface area contributed by atoms with Gasteiger partial charge in [0.1, 0.15) is 5.69 Å². The number of carbonyl (C=O) groups excluding carboxylic acids is 1. The first-order chi connectivity index (χ1) is 9.63. The molecule has 0 N–H and O–H groups in total. The first kappa shape index (κ1) is 15.3. The van der Waals surface area contributed by atoms with Crippen LogP contribution in [-0.2, 0) is 11.7 Å². The lowest BCUT2D eigenvalue weighted by atomic mass is 10.1. The summed E-state index contributed by atoms with van der Waals surface area (Å²) in [6.45, 7) is 5.77. The Bertz CT molecular complexity index is 649. The van der Waals surface area contributed by atoms with E-state index in [2.05, 4.69) is 5.10 Å². The van der Waals surface area contributed by atoms with Crippen molar-refractivity contribution in [1.82, 2.24) is 9.78 Å². The van der Waals surface area contributed by atoms with E-state index in [1.165, 1.54) is 12.1 Å². The van der Waals surface area contributed by atoms with E-state index in [-0.39, 0.29) is 5.54 Å². The molecule has 1 aromatic heterocycles. The average Bonchev–Trinajstić information content (AvgIpc) is 2.81. The van der Waals surface area contributed by atoms with Gasteiger partial charge in [-0.1, -0.05) is 12.1 Å². The van der Waals surface area contributed by atoms with Crippen LogP contribution in [0.3, 0.4) is 0 Å². The Morgan fingerprint density at radius 1 is 1.10 bits per heavy atom. The van der Waals surface area contributed by atoms with Crippen LogP contribution in [0.25, 0.3) is 11.3 Å². The molecule has 0 aliphatic heterocycles. The second-order valence-corrected chi connectivity index (χ2v) is 5.74. The number of alkyl halides is 3. The van der Waals surface area contributed by atoms with Gasteiger partial charge in [-0.2, -0.15) is 18.3 Å². The minimum atomic E-state index is -4.38. The van der Waals surface area contributed by atoms with Crippen LogP contribution in [0, 0.1) is 0 Å². The molecule has 0 unspecified atom stereocenters. The topological polar surface area (TPSA) is 34.9 Å². The Hall–Kier alpha value is -2.11. The maximum Gasteiger partial charge on any atom is 0.416 e. The quantitative estimate of drug-likeness (QED) is 0.781. The molecule has 3 nitrogen and oxygen atoms in total. The van der Waals surface area contributed by atoms with E-state index in [0.29, 0.717) is 23.1 Å². The third-order valence-electron chi connectivity index (χ3n) is 3.04. The molecular weight excluding hydrogens is 281 g/mol. The molecule has 0 spiro atoms. The third kappa shape index (κ3) is 3.15. The second kappa shape index (κ2) is 5.02. The number of halogens is 3. The monoisotopic (exact) mass is 296 g/mol. The largest absolute Gasteiger partial charge is 0.416 e. The predicted molar refractivity (Wildman–Crippen MR) is 73.0 cm³/mol. The molecule has 0 saturated carbocycles. The van der Waals surface area contributed by atoms with Crippen LogP contribution in [-0.4, -0.2) is 16.1 Å². The van der Waals surface area contributed by atoms with Gasteiger partial charge in [-0.3, -0.25) is 9.48 Å². The Morgan fingerprint density at radius 2 is 1.67 bits per heavy atom. The van der Waals surface area contributed by atoms with Crippen LogP contribution < -0.4 is 0 Å². The SMILES string of the molecule is CC(C)(C)n1cc(C=O)c(-c2ccc(C(F)(F)F)cc2)n1. The zero-order valence-corrected chi connectivity index (χ0v) is 11.9. The third-order valence-corrected chi connectivity index (χ3v) is 3.04. The summed E-state index contributed by atoms with van der Waals surface area (Å²) in [6.07, 6.45) is -2.13. The summed E-state index contributed by atoms with van der Waals surface area (Å²) in [5.74, 6) is 0. The van der Waals surface area contributed by atoms with Crippen molar-refractivity contribution >= 4 is 6.29 Å². The van der Waals surface area contributed by atoms with Crippen LogP contribution in [0.1, 0.15) is 36.7 Å². The van der Waals surface area contributed by atoms with Gasteiger partial charge in [0.25, 0.3) is 0 Å². The summed E-state index contributed by atoms with van der Waals surface area (Å²) in [5, 5.41) is 4.32. The highest BCUT2D eigenvalue weighted by Crippen LogP contribution is 2.31. The molecule has 0 aliphatic rings. The van der Waals surface area contributed by atoms with Gasteiger partial charge in [-0.15, -0.1) is 0 Å². The number of aldehydes is 1. The van der Waals surface area contributed by atoms with Gasteiger partial charge in [0.05, 0.1) is 16.7 Å². The molecule has 0 bridgehead atoms. The van der Waals surface area contributed by atoms with Gasteiger partial charge in [0.2, 0.25) is 0 Å². The van der Waals surface area contributed by atoms with Gasteiger partial charge in [-0.25, -0.2) is 0 Å². The van der Waals surface area contributed by atoms with Crippen molar-refractivity contribution in [3.05, 3.63) is 41.6 Å². The van der Waals surface area contributed by atoms with E-state index in [1.54, 1.807) is 10.9 Å². The fraction of sp³-hybridized carbons (Fsp3) is 0.333. The predicted octanol–water partition coefficient (Wildman–Crippen LogP) is 4.14. The van der Waals surface area contributed by atoms with Crippen molar-refractivity contribution < 1.29 is 18.0 Å². The molecule has 0 amide bonds. The van der Waals surface area contributed by atoms with Crippen molar-refractivity contribution in [3.63, 3.8) is 0 Å². The van der Waals surface area contributed by atoms with Crippen LogP contribution in [0.5, 0.6) is 0 Å². The standard InChI is InChI=1S/C15H15F3N2O/c1-14(2,3)20-8-11(9-21)13(19-20)10-4-6-12(7-5-10)15(16,17)18/h4-9H,1-3H3.